The molecule has 0 unspecified atom stereocenters. The Balaban J connectivity index is 1.66. The Morgan fingerprint density at radius 1 is 1.29 bits per heavy atom. The number of carbonyl (C=O) groups is 1. The highest BCUT2D eigenvalue weighted by Crippen LogP contribution is 2.21. The lowest BCUT2D eigenvalue weighted by atomic mass is 10.0. The van der Waals surface area contributed by atoms with Crippen LogP contribution in [0.15, 0.2) is 43.0 Å². The molecule has 24 heavy (non-hydrogen) atoms. The number of carbonyl (C=O) groups excluding carboxylic acids is 1. The highest BCUT2D eigenvalue weighted by molar-refractivity contribution is 5.79. The summed E-state index contributed by atoms with van der Waals surface area (Å²) in [7, 11) is 0. The van der Waals surface area contributed by atoms with Crippen LogP contribution in [0.1, 0.15) is 24.6 Å². The van der Waals surface area contributed by atoms with Gasteiger partial charge in [-0.25, -0.2) is 9.67 Å². The van der Waals surface area contributed by atoms with E-state index in [9.17, 15) is 4.79 Å². The molecule has 3 rings (SSSR count). The minimum Gasteiger partial charge on any atom is -0.379 e. The maximum absolute atomic E-state index is 12.4. The van der Waals surface area contributed by atoms with Crippen molar-refractivity contribution >= 4 is 5.91 Å². The van der Waals surface area contributed by atoms with Crippen LogP contribution in [-0.4, -0.2) is 58.4 Å². The molecule has 7 nitrogen and oxygen atoms in total. The summed E-state index contributed by atoms with van der Waals surface area (Å²) in [5.74, 6) is -0.0605. The van der Waals surface area contributed by atoms with Gasteiger partial charge in [-0.3, -0.25) is 9.69 Å². The summed E-state index contributed by atoms with van der Waals surface area (Å²) in [4.78, 5) is 18.7. The molecule has 1 aliphatic heterocycles. The molecule has 0 spiro atoms. The molecule has 2 heterocycles. The van der Waals surface area contributed by atoms with Crippen LogP contribution < -0.4 is 5.32 Å². The average molecular weight is 329 g/mol. The van der Waals surface area contributed by atoms with Crippen LogP contribution in [0, 0.1) is 0 Å². The molecule has 0 bridgehead atoms. The van der Waals surface area contributed by atoms with Gasteiger partial charge in [0.15, 0.2) is 0 Å². The average Bonchev–Trinajstić information content (AvgIpc) is 3.17. The van der Waals surface area contributed by atoms with Crippen LogP contribution in [-0.2, 0) is 9.53 Å². The number of benzene rings is 1. The zero-order chi connectivity index (χ0) is 16.8. The van der Waals surface area contributed by atoms with E-state index < -0.39 is 0 Å². The predicted molar refractivity (Wildman–Crippen MR) is 89.3 cm³/mol. The summed E-state index contributed by atoms with van der Waals surface area (Å²) in [5.41, 5.74) is 1.20. The molecule has 2 aromatic rings. The lowest BCUT2D eigenvalue weighted by molar-refractivity contribution is -0.124. The van der Waals surface area contributed by atoms with Crippen LogP contribution in [0.2, 0.25) is 0 Å². The van der Waals surface area contributed by atoms with Gasteiger partial charge < -0.3 is 10.1 Å². The van der Waals surface area contributed by atoms with Crippen LogP contribution >= 0.6 is 0 Å². The third-order valence-corrected chi connectivity index (χ3v) is 4.35. The van der Waals surface area contributed by atoms with E-state index in [0.29, 0.717) is 6.54 Å². The first-order chi connectivity index (χ1) is 11.8. The standard InChI is InChI=1S/C17H23N5O2/c1-14(22-13-18-12-20-22)17(23)19-11-16(15-5-3-2-4-6-15)21-7-9-24-10-8-21/h2-6,12-14,16H,7-11H2,1H3,(H,19,23)/t14-,16-/m0/s1. The molecule has 0 radical (unpaired) electrons. The third-order valence-electron chi connectivity index (χ3n) is 4.35. The fourth-order valence-electron chi connectivity index (χ4n) is 2.90. The summed E-state index contributed by atoms with van der Waals surface area (Å²) in [5, 5.41) is 7.09. The van der Waals surface area contributed by atoms with Gasteiger partial charge in [0.25, 0.3) is 0 Å². The number of nitrogens with one attached hydrogen (secondary N) is 1. The maximum Gasteiger partial charge on any atom is 0.244 e. The van der Waals surface area contributed by atoms with Gasteiger partial charge in [-0.15, -0.1) is 0 Å². The SMILES string of the molecule is C[C@@H](C(=O)NC[C@@H](c1ccccc1)N1CCOCC1)n1cncn1. The van der Waals surface area contributed by atoms with E-state index >= 15 is 0 Å². The maximum atomic E-state index is 12.4. The van der Waals surface area contributed by atoms with E-state index in [-0.39, 0.29) is 18.0 Å². The second kappa shape index (κ2) is 8.03. The lowest BCUT2D eigenvalue weighted by Crippen LogP contribution is -2.44. The van der Waals surface area contributed by atoms with Gasteiger partial charge in [0, 0.05) is 19.6 Å². The van der Waals surface area contributed by atoms with Gasteiger partial charge in [-0.05, 0) is 12.5 Å². The third kappa shape index (κ3) is 3.98. The second-order valence-electron chi connectivity index (χ2n) is 5.87. The number of morpholine rings is 1. The summed E-state index contributed by atoms with van der Waals surface area (Å²) in [6, 6.07) is 10.0. The van der Waals surface area contributed by atoms with Crippen molar-refractivity contribution in [1.82, 2.24) is 25.0 Å². The molecule has 1 aliphatic rings. The van der Waals surface area contributed by atoms with Crippen molar-refractivity contribution in [1.29, 1.82) is 0 Å². The van der Waals surface area contributed by atoms with Gasteiger partial charge in [0.1, 0.15) is 18.7 Å². The minimum atomic E-state index is -0.381. The summed E-state index contributed by atoms with van der Waals surface area (Å²) in [6.07, 6.45) is 2.99. The molecule has 1 fully saturated rings. The Kier molecular flexibility index (Phi) is 5.55. The van der Waals surface area contributed by atoms with Crippen molar-refractivity contribution in [2.24, 2.45) is 0 Å². The number of nitrogens with zero attached hydrogens (tertiary/aromatic N) is 4. The number of amides is 1. The molecule has 1 amide bonds. The van der Waals surface area contributed by atoms with Crippen LogP contribution in [0.4, 0.5) is 0 Å². The van der Waals surface area contributed by atoms with Gasteiger partial charge >= 0.3 is 0 Å². The molecule has 0 aliphatic carbocycles. The molecule has 1 aromatic carbocycles. The van der Waals surface area contributed by atoms with Gasteiger partial charge in [-0.2, -0.15) is 5.10 Å². The fraction of sp³-hybridized carbons (Fsp3) is 0.471. The first-order valence-corrected chi connectivity index (χ1v) is 8.24. The zero-order valence-electron chi connectivity index (χ0n) is 13.8. The van der Waals surface area contributed by atoms with Crippen molar-refractivity contribution in [3.8, 4) is 0 Å². The Hall–Kier alpha value is -2.25. The first-order valence-electron chi connectivity index (χ1n) is 8.24. The molecule has 1 saturated heterocycles. The Morgan fingerprint density at radius 3 is 2.71 bits per heavy atom. The highest BCUT2D eigenvalue weighted by atomic mass is 16.5. The van der Waals surface area contributed by atoms with Crippen molar-refractivity contribution in [3.05, 3.63) is 48.5 Å². The topological polar surface area (TPSA) is 72.3 Å². The van der Waals surface area contributed by atoms with Crippen molar-refractivity contribution in [2.45, 2.75) is 19.0 Å². The van der Waals surface area contributed by atoms with E-state index in [1.807, 2.05) is 25.1 Å². The second-order valence-corrected chi connectivity index (χ2v) is 5.87. The Morgan fingerprint density at radius 2 is 2.04 bits per heavy atom. The van der Waals surface area contributed by atoms with Gasteiger partial charge in [-0.1, -0.05) is 30.3 Å². The minimum absolute atomic E-state index is 0.0605. The monoisotopic (exact) mass is 329 g/mol. The molecule has 1 N–H and O–H groups in total. The van der Waals surface area contributed by atoms with Crippen LogP contribution in [0.3, 0.4) is 0 Å². The number of ether oxygens (including phenoxy) is 1. The summed E-state index contributed by atoms with van der Waals surface area (Å²) < 4.78 is 7.01. The molecular weight excluding hydrogens is 306 g/mol. The predicted octanol–water partition coefficient (Wildman–Crippen LogP) is 1.03. The van der Waals surface area contributed by atoms with E-state index in [2.05, 4.69) is 32.4 Å². The molecule has 128 valence electrons. The quantitative estimate of drug-likeness (QED) is 0.857. The fourth-order valence-corrected chi connectivity index (χ4v) is 2.90. The zero-order valence-corrected chi connectivity index (χ0v) is 13.8. The van der Waals surface area contributed by atoms with E-state index in [1.54, 1.807) is 11.0 Å². The summed E-state index contributed by atoms with van der Waals surface area (Å²) in [6.45, 7) is 5.57. The largest absolute Gasteiger partial charge is 0.379 e. The highest BCUT2D eigenvalue weighted by Gasteiger charge is 2.24. The van der Waals surface area contributed by atoms with Crippen LogP contribution in [0.25, 0.3) is 0 Å². The summed E-state index contributed by atoms with van der Waals surface area (Å²) >= 11 is 0. The molecule has 0 saturated carbocycles. The molecule has 7 heteroatoms. The number of hydrogen-bond donors (Lipinski definition) is 1. The van der Waals surface area contributed by atoms with Gasteiger partial charge in [0.2, 0.25) is 5.91 Å². The van der Waals surface area contributed by atoms with Crippen molar-refractivity contribution in [3.63, 3.8) is 0 Å². The smallest absolute Gasteiger partial charge is 0.244 e. The number of hydrogen-bond acceptors (Lipinski definition) is 5. The van der Waals surface area contributed by atoms with Crippen molar-refractivity contribution < 1.29 is 9.53 Å². The van der Waals surface area contributed by atoms with E-state index in [0.717, 1.165) is 26.3 Å². The lowest BCUT2D eigenvalue weighted by Gasteiger charge is -2.35. The molecule has 2 atom stereocenters. The molecular formula is C17H23N5O2. The Labute approximate surface area is 141 Å². The van der Waals surface area contributed by atoms with E-state index in [4.69, 9.17) is 4.74 Å². The van der Waals surface area contributed by atoms with E-state index in [1.165, 1.54) is 11.9 Å². The normalized spacial score (nSPS) is 18.0. The van der Waals surface area contributed by atoms with Crippen molar-refractivity contribution in [2.75, 3.05) is 32.8 Å². The number of rotatable bonds is 6. The molecule has 1 aromatic heterocycles. The number of aromatic nitrogens is 3. The van der Waals surface area contributed by atoms with Crippen LogP contribution in [0.5, 0.6) is 0 Å². The Bertz CT molecular complexity index is 626. The first kappa shape index (κ1) is 16.6. The van der Waals surface area contributed by atoms with Gasteiger partial charge in [0.05, 0.1) is 19.3 Å².